The first-order valence-corrected chi connectivity index (χ1v) is 9.07. The zero-order valence-corrected chi connectivity index (χ0v) is 14.9. The van der Waals surface area contributed by atoms with Crippen molar-refractivity contribution in [3.8, 4) is 0 Å². The lowest BCUT2D eigenvalue weighted by Gasteiger charge is -2.37. The van der Waals surface area contributed by atoms with Crippen LogP contribution in [0.4, 0.5) is 5.69 Å². The van der Waals surface area contributed by atoms with E-state index in [1.807, 2.05) is 47.5 Å². The molecule has 2 heterocycles. The quantitative estimate of drug-likeness (QED) is 0.921. The third kappa shape index (κ3) is 2.93. The molecule has 2 aliphatic rings. The van der Waals surface area contributed by atoms with E-state index in [2.05, 4.69) is 30.2 Å². The minimum Gasteiger partial charge on any atom is -0.369 e. The Hall–Kier alpha value is -2.85. The Bertz CT molecular complexity index is 869. The summed E-state index contributed by atoms with van der Waals surface area (Å²) < 4.78 is 0. The van der Waals surface area contributed by atoms with E-state index in [1.54, 1.807) is 0 Å². The van der Waals surface area contributed by atoms with Crippen LogP contribution < -0.4 is 10.7 Å². The van der Waals surface area contributed by atoms with Gasteiger partial charge in [-0.15, -0.1) is 0 Å². The van der Waals surface area contributed by atoms with Crippen LogP contribution in [-0.4, -0.2) is 29.7 Å². The summed E-state index contributed by atoms with van der Waals surface area (Å²) in [6.45, 7) is 10.5. The number of rotatable bonds is 3. The first-order chi connectivity index (χ1) is 12.6. The molecule has 0 bridgehead atoms. The van der Waals surface area contributed by atoms with E-state index < -0.39 is 0 Å². The van der Waals surface area contributed by atoms with Gasteiger partial charge in [-0.25, -0.2) is 5.01 Å². The van der Waals surface area contributed by atoms with E-state index in [0.29, 0.717) is 0 Å². The van der Waals surface area contributed by atoms with Gasteiger partial charge >= 0.3 is 0 Å². The van der Waals surface area contributed by atoms with E-state index in [0.717, 1.165) is 59.9 Å². The number of hydrogen-bond acceptors (Lipinski definition) is 4. The molecule has 132 valence electrons. The summed E-state index contributed by atoms with van der Waals surface area (Å²) >= 11 is 0. The van der Waals surface area contributed by atoms with Crippen LogP contribution in [0.3, 0.4) is 0 Å². The molecule has 2 aliphatic heterocycles. The van der Waals surface area contributed by atoms with E-state index in [4.69, 9.17) is 10.8 Å². The number of piperidine rings is 1. The molecule has 2 aromatic carbocycles. The monoisotopic (exact) mass is 344 g/mol. The number of hydrogen-bond donors (Lipinski definition) is 1. The molecule has 4 nitrogen and oxygen atoms in total. The van der Waals surface area contributed by atoms with E-state index in [9.17, 15) is 0 Å². The molecule has 2 aromatic rings. The highest BCUT2D eigenvalue weighted by Crippen LogP contribution is 2.34. The van der Waals surface area contributed by atoms with Crippen LogP contribution in [-0.2, 0) is 0 Å². The van der Waals surface area contributed by atoms with Crippen LogP contribution >= 0.6 is 0 Å². The third-order valence-electron chi connectivity index (χ3n) is 5.06. The first-order valence-electron chi connectivity index (χ1n) is 9.07. The van der Waals surface area contributed by atoms with Crippen LogP contribution in [0.1, 0.15) is 24.0 Å². The molecule has 1 saturated heterocycles. The molecule has 0 spiro atoms. The Morgan fingerprint density at radius 1 is 1.04 bits per heavy atom. The average molecular weight is 344 g/mol. The number of hydrazone groups is 1. The van der Waals surface area contributed by atoms with E-state index in [1.165, 1.54) is 0 Å². The zero-order valence-electron chi connectivity index (χ0n) is 14.9. The minimum absolute atomic E-state index is 0.195. The normalized spacial score (nSPS) is 19.8. The van der Waals surface area contributed by atoms with Crippen molar-refractivity contribution in [3.63, 3.8) is 0 Å². The van der Waals surface area contributed by atoms with Crippen molar-refractivity contribution in [1.29, 1.82) is 0 Å². The summed E-state index contributed by atoms with van der Waals surface area (Å²) in [7, 11) is 0. The summed E-state index contributed by atoms with van der Waals surface area (Å²) in [5.74, 6) is 0. The second kappa shape index (κ2) is 6.81. The lowest BCUT2D eigenvalue weighted by Crippen LogP contribution is -2.44. The molecule has 0 saturated carbocycles. The SMILES string of the molecule is C=C(C1=NN(c2ccccc2)C(=C)c2ccccc21)N1CCCC(N)C1. The Kier molecular flexibility index (Phi) is 4.35. The topological polar surface area (TPSA) is 44.9 Å². The van der Waals surface area contributed by atoms with Crippen molar-refractivity contribution in [1.82, 2.24) is 4.90 Å². The second-order valence-electron chi connectivity index (χ2n) is 6.88. The summed E-state index contributed by atoms with van der Waals surface area (Å²) in [5.41, 5.74) is 12.0. The number of nitrogens with two attached hydrogens (primary N) is 1. The summed E-state index contributed by atoms with van der Waals surface area (Å²) in [6.07, 6.45) is 2.16. The Balaban J connectivity index is 1.77. The first kappa shape index (κ1) is 16.6. The molecule has 1 unspecified atom stereocenters. The van der Waals surface area contributed by atoms with Crippen molar-refractivity contribution in [3.05, 3.63) is 84.6 Å². The molecular formula is C22H24N4. The average Bonchev–Trinajstić information content (AvgIpc) is 2.69. The predicted molar refractivity (Wildman–Crippen MR) is 109 cm³/mol. The van der Waals surface area contributed by atoms with Crippen LogP contribution in [0.5, 0.6) is 0 Å². The van der Waals surface area contributed by atoms with Gasteiger partial charge in [0, 0.05) is 30.3 Å². The number of benzene rings is 2. The molecule has 1 atom stereocenters. The smallest absolute Gasteiger partial charge is 0.115 e. The molecule has 2 N–H and O–H groups in total. The maximum Gasteiger partial charge on any atom is 0.115 e. The largest absolute Gasteiger partial charge is 0.369 e. The fourth-order valence-corrected chi connectivity index (χ4v) is 3.67. The third-order valence-corrected chi connectivity index (χ3v) is 5.06. The van der Waals surface area contributed by atoms with Gasteiger partial charge in [-0.1, -0.05) is 55.6 Å². The Morgan fingerprint density at radius 2 is 1.73 bits per heavy atom. The van der Waals surface area contributed by atoms with Gasteiger partial charge in [0.15, 0.2) is 0 Å². The fraction of sp³-hybridized carbons (Fsp3) is 0.227. The van der Waals surface area contributed by atoms with E-state index >= 15 is 0 Å². The van der Waals surface area contributed by atoms with Gasteiger partial charge in [-0.2, -0.15) is 5.10 Å². The molecule has 1 fully saturated rings. The van der Waals surface area contributed by atoms with Crippen LogP contribution in [0.2, 0.25) is 0 Å². The lowest BCUT2D eigenvalue weighted by atomic mass is 9.95. The molecule has 0 amide bonds. The van der Waals surface area contributed by atoms with Crippen molar-refractivity contribution in [2.24, 2.45) is 10.8 Å². The molecule has 26 heavy (non-hydrogen) atoms. The highest BCUT2D eigenvalue weighted by molar-refractivity contribution is 6.17. The Labute approximate surface area is 154 Å². The fourth-order valence-electron chi connectivity index (χ4n) is 3.67. The molecule has 4 rings (SSSR count). The molecule has 0 radical (unpaired) electrons. The van der Waals surface area contributed by atoms with Gasteiger partial charge in [0.1, 0.15) is 5.71 Å². The number of para-hydroxylation sites is 1. The van der Waals surface area contributed by atoms with Crippen molar-refractivity contribution < 1.29 is 0 Å². The highest BCUT2D eigenvalue weighted by atomic mass is 15.5. The number of likely N-dealkylation sites (tertiary alicyclic amines) is 1. The molecule has 4 heteroatoms. The zero-order chi connectivity index (χ0) is 18.1. The number of allylic oxidation sites excluding steroid dienone is 1. The lowest BCUT2D eigenvalue weighted by molar-refractivity contribution is 0.271. The molecule has 0 aromatic heterocycles. The van der Waals surface area contributed by atoms with Crippen molar-refractivity contribution in [2.45, 2.75) is 18.9 Å². The van der Waals surface area contributed by atoms with Gasteiger partial charge in [0.05, 0.1) is 17.1 Å². The van der Waals surface area contributed by atoms with Gasteiger partial charge < -0.3 is 10.6 Å². The molecular weight excluding hydrogens is 320 g/mol. The predicted octanol–water partition coefficient (Wildman–Crippen LogP) is 3.82. The van der Waals surface area contributed by atoms with Crippen molar-refractivity contribution in [2.75, 3.05) is 18.1 Å². The van der Waals surface area contributed by atoms with Crippen LogP contribution in [0, 0.1) is 0 Å². The van der Waals surface area contributed by atoms with Gasteiger partial charge in [0.25, 0.3) is 0 Å². The van der Waals surface area contributed by atoms with Crippen LogP contribution in [0.25, 0.3) is 5.70 Å². The highest BCUT2D eigenvalue weighted by Gasteiger charge is 2.28. The van der Waals surface area contributed by atoms with Gasteiger partial charge in [0.2, 0.25) is 0 Å². The van der Waals surface area contributed by atoms with E-state index in [-0.39, 0.29) is 6.04 Å². The Morgan fingerprint density at radius 3 is 2.46 bits per heavy atom. The maximum absolute atomic E-state index is 6.18. The number of anilines is 1. The van der Waals surface area contributed by atoms with Crippen molar-refractivity contribution >= 4 is 17.1 Å². The number of nitrogens with zero attached hydrogens (tertiary/aromatic N) is 3. The summed E-state index contributed by atoms with van der Waals surface area (Å²) in [5, 5.41) is 6.85. The minimum atomic E-state index is 0.195. The summed E-state index contributed by atoms with van der Waals surface area (Å²) in [6, 6.07) is 18.6. The second-order valence-corrected chi connectivity index (χ2v) is 6.88. The standard InChI is InChI=1S/C22H24N4/c1-16-20-12-6-7-13-21(20)22(17(2)25-14-8-9-18(23)15-25)24-26(16)19-10-4-3-5-11-19/h3-7,10-13,18H,1-2,8-9,14-15,23H2. The molecule has 0 aliphatic carbocycles. The number of fused-ring (bicyclic) bond motifs is 1. The van der Waals surface area contributed by atoms with Gasteiger partial charge in [-0.05, 0) is 25.0 Å². The maximum atomic E-state index is 6.18. The van der Waals surface area contributed by atoms with Gasteiger partial charge in [-0.3, -0.25) is 0 Å². The van der Waals surface area contributed by atoms with Crippen LogP contribution in [0.15, 0.2) is 78.6 Å². The summed E-state index contributed by atoms with van der Waals surface area (Å²) in [4.78, 5) is 2.26.